The second-order valence-corrected chi connectivity index (χ2v) is 5.09. The lowest BCUT2D eigenvalue weighted by molar-refractivity contribution is -0.137. The molecule has 0 spiro atoms. The molecule has 1 fully saturated rings. The third-order valence-electron chi connectivity index (χ3n) is 3.55. The van der Waals surface area contributed by atoms with Crippen LogP contribution in [0.1, 0.15) is 31.2 Å². The van der Waals surface area contributed by atoms with E-state index in [1.54, 1.807) is 0 Å². The lowest BCUT2D eigenvalue weighted by Gasteiger charge is -2.26. The first-order valence-electron chi connectivity index (χ1n) is 6.48. The van der Waals surface area contributed by atoms with Crippen molar-refractivity contribution in [1.29, 1.82) is 0 Å². The number of pyridine rings is 1. The first-order chi connectivity index (χ1) is 8.95. The summed E-state index contributed by atoms with van der Waals surface area (Å²) in [6.45, 7) is 0.654. The highest BCUT2D eigenvalue weighted by atomic mass is 19.4. The quantitative estimate of drug-likeness (QED) is 0.890. The highest BCUT2D eigenvalue weighted by Crippen LogP contribution is 2.30. The van der Waals surface area contributed by atoms with Crippen LogP contribution in [0.5, 0.6) is 0 Å². The summed E-state index contributed by atoms with van der Waals surface area (Å²) >= 11 is 0. The van der Waals surface area contributed by atoms with Gasteiger partial charge in [0.2, 0.25) is 0 Å². The zero-order valence-corrected chi connectivity index (χ0v) is 10.6. The van der Waals surface area contributed by atoms with Crippen molar-refractivity contribution in [3.05, 3.63) is 23.9 Å². The van der Waals surface area contributed by atoms with Crippen molar-refractivity contribution in [2.75, 3.05) is 11.9 Å². The van der Waals surface area contributed by atoms with Gasteiger partial charge in [0, 0.05) is 18.8 Å². The maximum absolute atomic E-state index is 12.5. The van der Waals surface area contributed by atoms with E-state index in [4.69, 9.17) is 5.73 Å². The molecule has 19 heavy (non-hydrogen) atoms. The summed E-state index contributed by atoms with van der Waals surface area (Å²) in [4.78, 5) is 3.92. The van der Waals surface area contributed by atoms with Gasteiger partial charge in [0.1, 0.15) is 5.82 Å². The van der Waals surface area contributed by atoms with Crippen LogP contribution in [0.3, 0.4) is 0 Å². The van der Waals surface area contributed by atoms with Gasteiger partial charge in [0.15, 0.2) is 0 Å². The average molecular weight is 273 g/mol. The van der Waals surface area contributed by atoms with E-state index in [0.29, 0.717) is 12.5 Å². The van der Waals surface area contributed by atoms with Crippen molar-refractivity contribution in [3.63, 3.8) is 0 Å². The highest BCUT2D eigenvalue weighted by Gasteiger charge is 2.30. The summed E-state index contributed by atoms with van der Waals surface area (Å²) in [5.74, 6) is 0.751. The minimum absolute atomic E-state index is 0.280. The summed E-state index contributed by atoms with van der Waals surface area (Å²) in [6.07, 6.45) is 0.879. The van der Waals surface area contributed by atoms with Crippen molar-refractivity contribution >= 4 is 5.82 Å². The minimum Gasteiger partial charge on any atom is -0.370 e. The van der Waals surface area contributed by atoms with E-state index in [1.165, 1.54) is 6.20 Å². The van der Waals surface area contributed by atoms with Crippen LogP contribution in [0.4, 0.5) is 19.0 Å². The van der Waals surface area contributed by atoms with Crippen LogP contribution >= 0.6 is 0 Å². The Bertz CT molecular complexity index is 412. The number of nitrogens with one attached hydrogen (secondary N) is 1. The first-order valence-corrected chi connectivity index (χ1v) is 6.48. The molecule has 6 heteroatoms. The molecular weight excluding hydrogens is 255 g/mol. The molecule has 0 saturated heterocycles. The van der Waals surface area contributed by atoms with Gasteiger partial charge in [0.25, 0.3) is 0 Å². The Morgan fingerprint density at radius 1 is 1.26 bits per heavy atom. The van der Waals surface area contributed by atoms with Crippen molar-refractivity contribution in [2.45, 2.75) is 37.9 Å². The monoisotopic (exact) mass is 273 g/mol. The van der Waals surface area contributed by atoms with E-state index in [0.717, 1.165) is 37.8 Å². The first kappa shape index (κ1) is 14.1. The number of nitrogens with two attached hydrogens (primary N) is 1. The second-order valence-electron chi connectivity index (χ2n) is 5.09. The molecule has 2 rings (SSSR count). The van der Waals surface area contributed by atoms with E-state index < -0.39 is 11.7 Å². The van der Waals surface area contributed by atoms with Gasteiger partial charge in [-0.05, 0) is 43.7 Å². The summed E-state index contributed by atoms with van der Waals surface area (Å²) in [7, 11) is 0. The van der Waals surface area contributed by atoms with Crippen LogP contribution in [-0.4, -0.2) is 17.6 Å². The van der Waals surface area contributed by atoms with E-state index in [9.17, 15) is 13.2 Å². The Balaban J connectivity index is 1.89. The summed E-state index contributed by atoms with van der Waals surface area (Å²) in [5.41, 5.74) is 5.14. The van der Waals surface area contributed by atoms with Gasteiger partial charge in [-0.1, -0.05) is 0 Å². The molecule has 1 aliphatic carbocycles. The molecule has 1 heterocycles. The van der Waals surface area contributed by atoms with E-state index in [1.807, 2.05) is 0 Å². The Hall–Kier alpha value is -1.30. The Morgan fingerprint density at radius 3 is 2.58 bits per heavy atom. The summed E-state index contributed by atoms with van der Waals surface area (Å²) in [6, 6.07) is 2.31. The zero-order valence-electron chi connectivity index (χ0n) is 10.6. The molecule has 0 amide bonds. The van der Waals surface area contributed by atoms with E-state index in [2.05, 4.69) is 10.3 Å². The molecule has 0 bridgehead atoms. The van der Waals surface area contributed by atoms with Crippen molar-refractivity contribution in [2.24, 2.45) is 11.7 Å². The Morgan fingerprint density at radius 2 is 1.95 bits per heavy atom. The Labute approximate surface area is 110 Å². The molecule has 0 unspecified atom stereocenters. The molecular formula is C13H18F3N3. The normalized spacial score (nSPS) is 24.2. The predicted octanol–water partition coefficient (Wildman–Crippen LogP) is 3.03. The molecule has 1 aromatic rings. The highest BCUT2D eigenvalue weighted by molar-refractivity contribution is 5.38. The molecule has 0 aliphatic heterocycles. The fourth-order valence-corrected chi connectivity index (χ4v) is 2.34. The smallest absolute Gasteiger partial charge is 0.370 e. The van der Waals surface area contributed by atoms with Crippen LogP contribution in [0.15, 0.2) is 18.3 Å². The number of hydrogen-bond donors (Lipinski definition) is 2. The zero-order chi connectivity index (χ0) is 13.9. The number of hydrogen-bond acceptors (Lipinski definition) is 3. The molecule has 0 atom stereocenters. The predicted molar refractivity (Wildman–Crippen MR) is 67.7 cm³/mol. The molecule has 1 saturated carbocycles. The number of halogens is 3. The van der Waals surface area contributed by atoms with Gasteiger partial charge in [-0.2, -0.15) is 13.2 Å². The molecule has 3 N–H and O–H groups in total. The Kier molecular flexibility index (Phi) is 4.29. The van der Waals surface area contributed by atoms with Crippen LogP contribution in [0.25, 0.3) is 0 Å². The fraction of sp³-hybridized carbons (Fsp3) is 0.615. The molecule has 106 valence electrons. The number of anilines is 1. The van der Waals surface area contributed by atoms with Crippen molar-refractivity contribution < 1.29 is 13.2 Å². The van der Waals surface area contributed by atoms with Crippen LogP contribution < -0.4 is 11.1 Å². The van der Waals surface area contributed by atoms with Gasteiger partial charge in [0.05, 0.1) is 5.56 Å². The largest absolute Gasteiger partial charge is 0.416 e. The average Bonchev–Trinajstić information content (AvgIpc) is 2.37. The maximum Gasteiger partial charge on any atom is 0.416 e. The van der Waals surface area contributed by atoms with Gasteiger partial charge < -0.3 is 11.1 Å². The molecule has 0 radical (unpaired) electrons. The van der Waals surface area contributed by atoms with Crippen LogP contribution in [-0.2, 0) is 6.18 Å². The topological polar surface area (TPSA) is 50.9 Å². The summed E-state index contributed by atoms with van der Waals surface area (Å²) < 4.78 is 37.6. The maximum atomic E-state index is 12.5. The lowest BCUT2D eigenvalue weighted by atomic mass is 9.86. The number of rotatable bonds is 3. The molecule has 1 aliphatic rings. The number of nitrogens with zero attached hydrogens (tertiary/aromatic N) is 1. The summed E-state index contributed by atoms with van der Waals surface area (Å²) in [5, 5.41) is 2.99. The van der Waals surface area contributed by atoms with Gasteiger partial charge >= 0.3 is 6.18 Å². The SMILES string of the molecule is NC1CCC(CNc2cc(C(F)(F)F)ccn2)CC1. The van der Waals surface area contributed by atoms with Crippen molar-refractivity contribution in [3.8, 4) is 0 Å². The second kappa shape index (κ2) is 5.77. The van der Waals surface area contributed by atoms with Crippen LogP contribution in [0, 0.1) is 5.92 Å². The van der Waals surface area contributed by atoms with Gasteiger partial charge in [-0.25, -0.2) is 4.98 Å². The number of aromatic nitrogens is 1. The lowest BCUT2D eigenvalue weighted by Crippen LogP contribution is -2.29. The fourth-order valence-electron chi connectivity index (χ4n) is 2.34. The third kappa shape index (κ3) is 4.09. The molecule has 1 aromatic heterocycles. The number of alkyl halides is 3. The standard InChI is InChI=1S/C13H18F3N3/c14-13(15,16)10-5-6-18-12(7-10)19-8-9-1-3-11(17)4-2-9/h5-7,9,11H,1-4,8,17H2,(H,18,19). The van der Waals surface area contributed by atoms with E-state index in [-0.39, 0.29) is 11.9 Å². The van der Waals surface area contributed by atoms with Crippen molar-refractivity contribution in [1.82, 2.24) is 4.98 Å². The van der Waals surface area contributed by atoms with Gasteiger partial charge in [-0.15, -0.1) is 0 Å². The minimum atomic E-state index is -4.32. The molecule has 0 aromatic carbocycles. The van der Waals surface area contributed by atoms with Gasteiger partial charge in [-0.3, -0.25) is 0 Å². The molecule has 3 nitrogen and oxygen atoms in total. The van der Waals surface area contributed by atoms with Crippen LogP contribution in [0.2, 0.25) is 0 Å². The van der Waals surface area contributed by atoms with E-state index >= 15 is 0 Å². The third-order valence-corrected chi connectivity index (χ3v) is 3.55.